The monoisotopic (exact) mass is 459 g/mol. The molecule has 3 aromatic rings. The Morgan fingerprint density at radius 3 is 2.56 bits per heavy atom. The number of para-hydroxylation sites is 1. The maximum absolute atomic E-state index is 12.4. The number of phenols is 1. The highest BCUT2D eigenvalue weighted by molar-refractivity contribution is 6.02. The first-order valence-electron chi connectivity index (χ1n) is 11.3. The van der Waals surface area contributed by atoms with Crippen LogP contribution in [0.3, 0.4) is 0 Å². The molecule has 1 aliphatic rings. The molecule has 0 bridgehead atoms. The van der Waals surface area contributed by atoms with Crippen LogP contribution < -0.4 is 25.8 Å². The second kappa shape index (κ2) is 11.2. The fourth-order valence-electron chi connectivity index (χ4n) is 3.66. The number of hydrogen-bond donors (Lipinski definition) is 4. The van der Waals surface area contributed by atoms with Crippen molar-refractivity contribution in [1.82, 2.24) is 5.32 Å². The van der Waals surface area contributed by atoms with E-state index in [1.165, 1.54) is 12.1 Å². The van der Waals surface area contributed by atoms with Gasteiger partial charge in [-0.15, -0.1) is 0 Å². The van der Waals surface area contributed by atoms with Crippen LogP contribution in [-0.4, -0.2) is 30.2 Å². The second-order valence-electron chi connectivity index (χ2n) is 8.13. The molecule has 0 atom stereocenters. The van der Waals surface area contributed by atoms with Crippen LogP contribution in [0.1, 0.15) is 24.0 Å². The van der Waals surface area contributed by atoms with Crippen LogP contribution in [0.4, 0.5) is 11.4 Å². The molecule has 1 aliphatic heterocycles. The highest BCUT2D eigenvalue weighted by Crippen LogP contribution is 2.24. The van der Waals surface area contributed by atoms with Gasteiger partial charge in [-0.1, -0.05) is 24.3 Å². The van der Waals surface area contributed by atoms with E-state index in [9.17, 15) is 9.90 Å². The molecule has 1 amide bonds. The van der Waals surface area contributed by atoms with Crippen molar-refractivity contribution in [2.75, 3.05) is 24.1 Å². The van der Waals surface area contributed by atoms with Gasteiger partial charge in [0.25, 0.3) is 0 Å². The van der Waals surface area contributed by atoms with Gasteiger partial charge >= 0.3 is 0 Å². The number of nitrogen functional groups attached to an aromatic ring is 1. The van der Waals surface area contributed by atoms with E-state index in [-0.39, 0.29) is 17.8 Å². The number of benzene rings is 3. The van der Waals surface area contributed by atoms with Gasteiger partial charge < -0.3 is 30.9 Å². The van der Waals surface area contributed by atoms with Crippen LogP contribution in [-0.2, 0) is 11.4 Å². The number of hydrogen-bond acceptors (Lipinski definition) is 6. The van der Waals surface area contributed by atoms with Crippen LogP contribution in [0, 0.1) is 0 Å². The van der Waals surface area contributed by atoms with E-state index in [1.54, 1.807) is 18.2 Å². The molecule has 0 radical (unpaired) electrons. The highest BCUT2D eigenvalue weighted by Gasteiger charge is 2.14. The first kappa shape index (κ1) is 23.2. The lowest BCUT2D eigenvalue weighted by Crippen LogP contribution is -2.34. The number of carbonyl (C=O) groups is 1. The fourth-order valence-corrected chi connectivity index (χ4v) is 3.66. The first-order valence-corrected chi connectivity index (χ1v) is 11.3. The van der Waals surface area contributed by atoms with E-state index in [0.29, 0.717) is 23.5 Å². The van der Waals surface area contributed by atoms with Gasteiger partial charge in [0.05, 0.1) is 5.69 Å². The van der Waals surface area contributed by atoms with E-state index in [0.717, 1.165) is 43.0 Å². The Morgan fingerprint density at radius 2 is 1.79 bits per heavy atom. The average Bonchev–Trinajstić information content (AvgIpc) is 2.86. The zero-order chi connectivity index (χ0) is 23.8. The maximum Gasteiger partial charge on any atom is 0.248 e. The Bertz CT molecular complexity index is 1140. The van der Waals surface area contributed by atoms with Crippen molar-refractivity contribution in [3.63, 3.8) is 0 Å². The lowest BCUT2D eigenvalue weighted by atomic mass is 10.1. The predicted molar refractivity (Wildman–Crippen MR) is 134 cm³/mol. The Morgan fingerprint density at radius 1 is 1.06 bits per heavy atom. The van der Waals surface area contributed by atoms with Crippen LogP contribution in [0.5, 0.6) is 17.2 Å². The second-order valence-corrected chi connectivity index (χ2v) is 8.13. The van der Waals surface area contributed by atoms with Crippen LogP contribution in [0.15, 0.2) is 72.8 Å². The molecule has 7 heteroatoms. The largest absolute Gasteiger partial charge is 0.506 e. The summed E-state index contributed by atoms with van der Waals surface area (Å²) in [5.41, 5.74) is 8.09. The molecule has 0 unspecified atom stereocenters. The summed E-state index contributed by atoms with van der Waals surface area (Å²) in [4.78, 5) is 12.4. The Balaban J connectivity index is 1.32. The smallest absolute Gasteiger partial charge is 0.248 e. The summed E-state index contributed by atoms with van der Waals surface area (Å²) >= 11 is 0. The number of anilines is 2. The number of carbonyl (C=O) groups excluding carboxylic acids is 1. The molecule has 1 fully saturated rings. The molecule has 3 aromatic carbocycles. The number of aromatic hydroxyl groups is 1. The lowest BCUT2D eigenvalue weighted by molar-refractivity contribution is -0.111. The normalized spacial score (nSPS) is 14.1. The highest BCUT2D eigenvalue weighted by atomic mass is 16.5. The third kappa shape index (κ3) is 6.52. The minimum Gasteiger partial charge on any atom is -0.506 e. The van der Waals surface area contributed by atoms with Gasteiger partial charge in [0.2, 0.25) is 5.91 Å². The van der Waals surface area contributed by atoms with E-state index in [2.05, 4.69) is 10.6 Å². The average molecular weight is 460 g/mol. The van der Waals surface area contributed by atoms with Crippen LogP contribution in [0.25, 0.3) is 6.08 Å². The summed E-state index contributed by atoms with van der Waals surface area (Å²) in [7, 11) is 0. The van der Waals surface area contributed by atoms with Gasteiger partial charge in [-0.2, -0.15) is 0 Å². The van der Waals surface area contributed by atoms with E-state index < -0.39 is 0 Å². The number of nitrogens with two attached hydrogens (primary N) is 1. The summed E-state index contributed by atoms with van der Waals surface area (Å²) in [6.07, 6.45) is 5.30. The molecule has 176 valence electrons. The summed E-state index contributed by atoms with van der Waals surface area (Å²) in [6.45, 7) is 2.28. The third-order valence-electron chi connectivity index (χ3n) is 5.56. The molecule has 0 spiro atoms. The van der Waals surface area contributed by atoms with Crippen molar-refractivity contribution in [2.24, 2.45) is 0 Å². The standard InChI is InChI=1S/C27H29N3O4/c28-24-11-5-19(17-26(24)31)6-12-27(32)30-25-4-2-1-3-20(25)18-33-21-7-9-22(10-8-21)34-23-13-15-29-16-14-23/h1-12,17,23,29,31H,13-16,18,28H2,(H,30,32)/b12-6+. The van der Waals surface area contributed by atoms with Gasteiger partial charge in [0.1, 0.15) is 30.0 Å². The topological polar surface area (TPSA) is 106 Å². The predicted octanol–water partition coefficient (Wildman–Crippen LogP) is 4.34. The summed E-state index contributed by atoms with van der Waals surface area (Å²) in [5, 5.41) is 15.9. The summed E-state index contributed by atoms with van der Waals surface area (Å²) in [5.74, 6) is 1.26. The lowest BCUT2D eigenvalue weighted by Gasteiger charge is -2.23. The van der Waals surface area contributed by atoms with Crippen LogP contribution in [0.2, 0.25) is 0 Å². The number of piperidine rings is 1. The fraction of sp³-hybridized carbons (Fsp3) is 0.222. The molecule has 5 N–H and O–H groups in total. The summed E-state index contributed by atoms with van der Waals surface area (Å²) in [6, 6.07) is 19.9. The SMILES string of the molecule is Nc1ccc(/C=C/C(=O)Nc2ccccc2COc2ccc(OC3CCNCC3)cc2)cc1O. The molecule has 0 aromatic heterocycles. The van der Waals surface area contributed by atoms with E-state index in [1.807, 2.05) is 48.5 Å². The van der Waals surface area contributed by atoms with Gasteiger partial charge in [-0.25, -0.2) is 0 Å². The van der Waals surface area contributed by atoms with Gasteiger partial charge in [-0.05, 0) is 80.0 Å². The molecule has 1 heterocycles. The zero-order valence-electron chi connectivity index (χ0n) is 18.9. The first-order chi connectivity index (χ1) is 16.6. The molecular formula is C27H29N3O4. The molecular weight excluding hydrogens is 430 g/mol. The Kier molecular flexibility index (Phi) is 7.67. The summed E-state index contributed by atoms with van der Waals surface area (Å²) < 4.78 is 12.0. The molecule has 1 saturated heterocycles. The molecule has 0 aliphatic carbocycles. The Hall–Kier alpha value is -3.97. The molecule has 4 rings (SSSR count). The third-order valence-corrected chi connectivity index (χ3v) is 5.56. The molecule has 7 nitrogen and oxygen atoms in total. The van der Waals surface area contributed by atoms with Crippen molar-refractivity contribution in [1.29, 1.82) is 0 Å². The van der Waals surface area contributed by atoms with Crippen molar-refractivity contribution in [3.05, 3.63) is 83.9 Å². The molecule has 0 saturated carbocycles. The Labute approximate surface area is 199 Å². The van der Waals surface area contributed by atoms with Gasteiger partial charge in [-0.3, -0.25) is 4.79 Å². The number of amides is 1. The number of rotatable bonds is 8. The minimum absolute atomic E-state index is 0.0177. The van der Waals surface area contributed by atoms with E-state index in [4.69, 9.17) is 15.2 Å². The van der Waals surface area contributed by atoms with E-state index >= 15 is 0 Å². The number of nitrogens with one attached hydrogen (secondary N) is 2. The van der Waals surface area contributed by atoms with Crippen LogP contribution >= 0.6 is 0 Å². The van der Waals surface area contributed by atoms with Gasteiger partial charge in [0.15, 0.2) is 0 Å². The van der Waals surface area contributed by atoms with Crippen molar-refractivity contribution in [2.45, 2.75) is 25.6 Å². The number of ether oxygens (including phenoxy) is 2. The maximum atomic E-state index is 12.4. The van der Waals surface area contributed by atoms with Gasteiger partial charge in [0, 0.05) is 17.3 Å². The number of phenolic OH excluding ortho intramolecular Hbond substituents is 1. The van der Waals surface area contributed by atoms with Crippen molar-refractivity contribution >= 4 is 23.4 Å². The quantitative estimate of drug-likeness (QED) is 0.227. The van der Waals surface area contributed by atoms with Crippen molar-refractivity contribution in [3.8, 4) is 17.2 Å². The van der Waals surface area contributed by atoms with Crippen molar-refractivity contribution < 1.29 is 19.4 Å². The minimum atomic E-state index is -0.289. The molecule has 34 heavy (non-hydrogen) atoms. The zero-order valence-corrected chi connectivity index (χ0v) is 18.9.